The van der Waals surface area contributed by atoms with Crippen molar-refractivity contribution in [1.82, 2.24) is 15.2 Å². The van der Waals surface area contributed by atoms with E-state index in [2.05, 4.69) is 10.9 Å². The van der Waals surface area contributed by atoms with E-state index in [1.165, 1.54) is 32.4 Å². The Morgan fingerprint density at radius 1 is 1.00 bits per heavy atom. The van der Waals surface area contributed by atoms with Gasteiger partial charge in [0.05, 0.1) is 29.0 Å². The molecule has 0 spiro atoms. The van der Waals surface area contributed by atoms with Crippen LogP contribution in [0.25, 0.3) is 0 Å². The van der Waals surface area contributed by atoms with Crippen molar-refractivity contribution in [2.24, 2.45) is 5.14 Å². The Balaban J connectivity index is 2.07. The summed E-state index contributed by atoms with van der Waals surface area (Å²) in [7, 11) is -5.50. The molecule has 2 aromatic rings. The molecular formula is C18H22N4O7S2. The minimum atomic E-state index is -4.07. The average molecular weight is 471 g/mol. The molecule has 0 aliphatic rings. The van der Waals surface area contributed by atoms with Gasteiger partial charge in [0.15, 0.2) is 0 Å². The molecule has 31 heavy (non-hydrogen) atoms. The number of aryl methyl sites for hydroxylation is 1. The van der Waals surface area contributed by atoms with Crippen LogP contribution in [-0.4, -0.2) is 53.7 Å². The van der Waals surface area contributed by atoms with Gasteiger partial charge in [-0.1, -0.05) is 17.7 Å². The first kappa shape index (κ1) is 24.3. The molecule has 0 saturated heterocycles. The monoisotopic (exact) mass is 470 g/mol. The summed E-state index contributed by atoms with van der Waals surface area (Å²) in [5, 5.41) is 5.06. The van der Waals surface area contributed by atoms with Crippen LogP contribution >= 0.6 is 0 Å². The summed E-state index contributed by atoms with van der Waals surface area (Å²) in [4.78, 5) is 24.2. The van der Waals surface area contributed by atoms with E-state index in [1.807, 2.05) is 6.92 Å². The number of rotatable bonds is 7. The highest BCUT2D eigenvalue weighted by molar-refractivity contribution is 7.89. The lowest BCUT2D eigenvalue weighted by Crippen LogP contribution is -2.46. The Labute approximate surface area is 180 Å². The van der Waals surface area contributed by atoms with E-state index in [1.54, 1.807) is 12.1 Å². The summed E-state index contributed by atoms with van der Waals surface area (Å²) in [6.07, 6.45) is 0. The highest BCUT2D eigenvalue weighted by atomic mass is 32.2. The maximum Gasteiger partial charge on any atom is 0.273 e. The molecule has 0 radical (unpaired) electrons. The number of ether oxygens (including phenoxy) is 1. The third-order valence-electron chi connectivity index (χ3n) is 4.15. The van der Waals surface area contributed by atoms with Gasteiger partial charge in [0.2, 0.25) is 20.0 Å². The first-order valence-corrected chi connectivity index (χ1v) is 11.7. The second-order valence-corrected chi connectivity index (χ2v) is 10.1. The Morgan fingerprint density at radius 3 is 2.13 bits per heavy atom. The Kier molecular flexibility index (Phi) is 7.38. The summed E-state index contributed by atoms with van der Waals surface area (Å²) < 4.78 is 53.9. The Hall–Kier alpha value is -3.00. The van der Waals surface area contributed by atoms with Gasteiger partial charge in [-0.2, -0.15) is 4.31 Å². The number of likely N-dealkylation sites (N-methyl/N-ethyl adjacent to an activating group) is 1. The van der Waals surface area contributed by atoms with Crippen LogP contribution in [0.4, 0.5) is 0 Å². The summed E-state index contributed by atoms with van der Waals surface area (Å²) in [6.45, 7) is 1.23. The third kappa shape index (κ3) is 6.01. The maximum absolute atomic E-state index is 12.5. The molecule has 0 heterocycles. The van der Waals surface area contributed by atoms with E-state index >= 15 is 0 Å². The number of hydrogen-bond acceptors (Lipinski definition) is 7. The molecule has 0 aromatic heterocycles. The topological polar surface area (TPSA) is 165 Å². The van der Waals surface area contributed by atoms with Crippen molar-refractivity contribution in [2.75, 3.05) is 20.7 Å². The number of carbonyl (C=O) groups is 2. The van der Waals surface area contributed by atoms with Gasteiger partial charge in [-0.25, -0.2) is 22.0 Å². The highest BCUT2D eigenvalue weighted by Crippen LogP contribution is 2.21. The van der Waals surface area contributed by atoms with Crippen molar-refractivity contribution in [3.8, 4) is 5.75 Å². The zero-order chi connectivity index (χ0) is 23.4. The second kappa shape index (κ2) is 9.43. The van der Waals surface area contributed by atoms with E-state index < -0.39 is 38.4 Å². The van der Waals surface area contributed by atoms with Gasteiger partial charge in [0.25, 0.3) is 11.8 Å². The molecule has 0 unspecified atom stereocenters. The molecule has 0 saturated carbocycles. The lowest BCUT2D eigenvalue weighted by molar-refractivity contribution is -0.121. The van der Waals surface area contributed by atoms with E-state index in [-0.39, 0.29) is 21.1 Å². The molecule has 2 rings (SSSR count). The first-order valence-electron chi connectivity index (χ1n) is 8.69. The maximum atomic E-state index is 12.5. The van der Waals surface area contributed by atoms with E-state index in [0.717, 1.165) is 22.0 Å². The quantitative estimate of drug-likeness (QED) is 0.469. The fourth-order valence-corrected chi connectivity index (χ4v) is 4.12. The van der Waals surface area contributed by atoms with Crippen molar-refractivity contribution >= 4 is 31.9 Å². The van der Waals surface area contributed by atoms with Crippen LogP contribution in [-0.2, 0) is 24.8 Å². The molecule has 13 heteroatoms. The number of amides is 2. The molecule has 4 N–H and O–H groups in total. The standard InChI is InChI=1S/C18H22N4O7S2/c1-12-4-6-13(7-5-12)31(27,28)22(2)11-17(23)20-21-18(24)15-10-14(30(19,25)26)8-9-16(15)29-3/h4-10H,11H2,1-3H3,(H,20,23)(H,21,24)(H2,19,25,26). The average Bonchev–Trinajstić information content (AvgIpc) is 2.71. The van der Waals surface area contributed by atoms with Crippen LogP contribution in [0.1, 0.15) is 15.9 Å². The Morgan fingerprint density at radius 2 is 1.58 bits per heavy atom. The van der Waals surface area contributed by atoms with Gasteiger partial charge in [-0.3, -0.25) is 20.4 Å². The first-order chi connectivity index (χ1) is 14.4. The van der Waals surface area contributed by atoms with Gasteiger partial charge in [0.1, 0.15) is 5.75 Å². The summed E-state index contributed by atoms with van der Waals surface area (Å²) in [5.41, 5.74) is 4.83. The predicted molar refractivity (Wildman–Crippen MR) is 111 cm³/mol. The van der Waals surface area contributed by atoms with Crippen LogP contribution in [0, 0.1) is 6.92 Å². The van der Waals surface area contributed by atoms with E-state index in [4.69, 9.17) is 9.88 Å². The van der Waals surface area contributed by atoms with Gasteiger partial charge < -0.3 is 4.74 Å². The number of carbonyl (C=O) groups excluding carboxylic acids is 2. The number of methoxy groups -OCH3 is 1. The van der Waals surface area contributed by atoms with E-state index in [0.29, 0.717) is 0 Å². The van der Waals surface area contributed by atoms with Crippen LogP contribution in [0.15, 0.2) is 52.3 Å². The zero-order valence-electron chi connectivity index (χ0n) is 16.9. The van der Waals surface area contributed by atoms with Gasteiger partial charge in [0, 0.05) is 7.05 Å². The minimum Gasteiger partial charge on any atom is -0.496 e. The number of primary sulfonamides is 1. The van der Waals surface area contributed by atoms with Crippen molar-refractivity contribution in [3.05, 3.63) is 53.6 Å². The fraction of sp³-hybridized carbons (Fsp3) is 0.222. The van der Waals surface area contributed by atoms with Crippen LogP contribution in [0.2, 0.25) is 0 Å². The van der Waals surface area contributed by atoms with Gasteiger partial charge >= 0.3 is 0 Å². The van der Waals surface area contributed by atoms with Crippen molar-refractivity contribution in [1.29, 1.82) is 0 Å². The minimum absolute atomic E-state index is 0.0157. The van der Waals surface area contributed by atoms with Crippen molar-refractivity contribution < 1.29 is 31.2 Å². The fourth-order valence-electron chi connectivity index (χ4n) is 2.45. The summed E-state index contributed by atoms with van der Waals surface area (Å²) in [6, 6.07) is 9.49. The molecule has 0 fully saturated rings. The summed E-state index contributed by atoms with van der Waals surface area (Å²) >= 11 is 0. The largest absolute Gasteiger partial charge is 0.496 e. The summed E-state index contributed by atoms with van der Waals surface area (Å²) in [5.74, 6) is -1.67. The van der Waals surface area contributed by atoms with Crippen LogP contribution in [0.5, 0.6) is 5.75 Å². The second-order valence-electron chi connectivity index (χ2n) is 6.48. The van der Waals surface area contributed by atoms with Gasteiger partial charge in [-0.05, 0) is 37.3 Å². The molecule has 0 bridgehead atoms. The number of benzene rings is 2. The smallest absolute Gasteiger partial charge is 0.273 e. The highest BCUT2D eigenvalue weighted by Gasteiger charge is 2.23. The van der Waals surface area contributed by atoms with Crippen molar-refractivity contribution in [3.63, 3.8) is 0 Å². The molecular weight excluding hydrogens is 448 g/mol. The molecule has 2 aromatic carbocycles. The molecule has 0 aliphatic heterocycles. The third-order valence-corrected chi connectivity index (χ3v) is 6.88. The lowest BCUT2D eigenvalue weighted by atomic mass is 10.2. The lowest BCUT2D eigenvalue weighted by Gasteiger charge is -2.17. The number of nitrogens with zero attached hydrogens (tertiary/aromatic N) is 1. The SMILES string of the molecule is COc1ccc(S(N)(=O)=O)cc1C(=O)NNC(=O)CN(C)S(=O)(=O)c1ccc(C)cc1. The molecule has 2 amide bonds. The molecule has 0 aliphatic carbocycles. The molecule has 11 nitrogen and oxygen atoms in total. The van der Waals surface area contributed by atoms with Crippen LogP contribution in [0.3, 0.4) is 0 Å². The Bertz CT molecular complexity index is 1190. The van der Waals surface area contributed by atoms with Crippen LogP contribution < -0.4 is 20.7 Å². The number of nitrogens with one attached hydrogen (secondary N) is 2. The number of hydrazine groups is 1. The predicted octanol–water partition coefficient (Wildman–Crippen LogP) is -0.267. The van der Waals surface area contributed by atoms with E-state index in [9.17, 15) is 26.4 Å². The number of nitrogens with two attached hydrogens (primary N) is 1. The number of hydrogen-bond donors (Lipinski definition) is 3. The zero-order valence-corrected chi connectivity index (χ0v) is 18.6. The van der Waals surface area contributed by atoms with Crippen molar-refractivity contribution in [2.45, 2.75) is 16.7 Å². The number of sulfonamides is 2. The normalized spacial score (nSPS) is 11.8. The molecule has 0 atom stereocenters. The molecule has 168 valence electrons. The van der Waals surface area contributed by atoms with Gasteiger partial charge in [-0.15, -0.1) is 0 Å².